The van der Waals surface area contributed by atoms with Gasteiger partial charge < -0.3 is 15.4 Å². The van der Waals surface area contributed by atoms with Crippen molar-refractivity contribution in [2.75, 3.05) is 12.9 Å². The van der Waals surface area contributed by atoms with Gasteiger partial charge in [-0.05, 0) is 55.5 Å². The molecule has 1 unspecified atom stereocenters. The lowest BCUT2D eigenvalue weighted by Gasteiger charge is -2.16. The molecule has 2 rings (SSSR count). The van der Waals surface area contributed by atoms with Gasteiger partial charge in [-0.1, -0.05) is 24.3 Å². The molecule has 0 radical (unpaired) electrons. The first-order chi connectivity index (χ1) is 11.6. The van der Waals surface area contributed by atoms with Gasteiger partial charge in [-0.25, -0.2) is 4.79 Å². The van der Waals surface area contributed by atoms with Crippen molar-refractivity contribution in [2.45, 2.75) is 31.3 Å². The van der Waals surface area contributed by atoms with Gasteiger partial charge in [-0.2, -0.15) is 0 Å². The van der Waals surface area contributed by atoms with E-state index in [0.717, 1.165) is 16.9 Å². The Morgan fingerprint density at radius 1 is 1.21 bits per heavy atom. The van der Waals surface area contributed by atoms with Crippen LogP contribution in [0.4, 0.5) is 4.79 Å². The second-order valence-electron chi connectivity index (χ2n) is 5.40. The summed E-state index contributed by atoms with van der Waals surface area (Å²) in [7, 11) is 0. The smallest absolute Gasteiger partial charge is 0.315 e. The minimum absolute atomic E-state index is 0.0933. The van der Waals surface area contributed by atoms with Crippen LogP contribution in [0.15, 0.2) is 53.4 Å². The molecule has 5 heteroatoms. The molecule has 0 saturated carbocycles. The third kappa shape index (κ3) is 5.49. The van der Waals surface area contributed by atoms with E-state index in [9.17, 15) is 4.79 Å². The molecule has 0 saturated heterocycles. The van der Waals surface area contributed by atoms with Crippen LogP contribution in [0.5, 0.6) is 5.75 Å². The molecule has 2 aromatic rings. The van der Waals surface area contributed by atoms with Crippen LogP contribution in [0.1, 0.15) is 31.0 Å². The molecule has 0 bridgehead atoms. The molecule has 2 N–H and O–H groups in total. The number of benzene rings is 2. The number of hydrogen-bond donors (Lipinski definition) is 2. The second kappa shape index (κ2) is 9.23. The number of ether oxygens (including phenoxy) is 1. The number of amides is 2. The number of urea groups is 1. The summed E-state index contributed by atoms with van der Waals surface area (Å²) in [6.07, 6.45) is 2.04. The molecular formula is C19H24N2O2S. The van der Waals surface area contributed by atoms with Gasteiger partial charge in [-0.15, -0.1) is 11.8 Å². The lowest BCUT2D eigenvalue weighted by Crippen LogP contribution is -2.36. The van der Waals surface area contributed by atoms with Crippen molar-refractivity contribution < 1.29 is 9.53 Å². The number of rotatable bonds is 7. The molecule has 0 aromatic heterocycles. The molecule has 1 atom stereocenters. The van der Waals surface area contributed by atoms with Crippen LogP contribution in [-0.2, 0) is 6.54 Å². The predicted octanol–water partition coefficient (Wildman–Crippen LogP) is 4.37. The van der Waals surface area contributed by atoms with Crippen LogP contribution in [0.2, 0.25) is 0 Å². The van der Waals surface area contributed by atoms with Crippen LogP contribution >= 0.6 is 11.8 Å². The van der Waals surface area contributed by atoms with Gasteiger partial charge >= 0.3 is 6.03 Å². The van der Waals surface area contributed by atoms with Crippen molar-refractivity contribution in [3.8, 4) is 5.75 Å². The average Bonchev–Trinajstić information content (AvgIpc) is 2.61. The first-order valence-corrected chi connectivity index (χ1v) is 9.25. The Labute approximate surface area is 148 Å². The number of thioether (sulfide) groups is 1. The summed E-state index contributed by atoms with van der Waals surface area (Å²) < 4.78 is 5.50. The molecule has 2 aromatic carbocycles. The Hall–Kier alpha value is -2.14. The van der Waals surface area contributed by atoms with Crippen LogP contribution in [-0.4, -0.2) is 18.9 Å². The normalized spacial score (nSPS) is 11.6. The van der Waals surface area contributed by atoms with E-state index >= 15 is 0 Å². The minimum Gasteiger partial charge on any atom is -0.494 e. The zero-order valence-corrected chi connectivity index (χ0v) is 15.2. The fourth-order valence-electron chi connectivity index (χ4n) is 2.30. The molecular weight excluding hydrogens is 320 g/mol. The van der Waals surface area contributed by atoms with Gasteiger partial charge in [0.2, 0.25) is 0 Å². The number of nitrogens with one attached hydrogen (secondary N) is 2. The van der Waals surface area contributed by atoms with Gasteiger partial charge in [0, 0.05) is 11.4 Å². The summed E-state index contributed by atoms with van der Waals surface area (Å²) in [5.41, 5.74) is 2.09. The van der Waals surface area contributed by atoms with Crippen LogP contribution in [0, 0.1) is 0 Å². The van der Waals surface area contributed by atoms with E-state index in [1.54, 1.807) is 11.8 Å². The van der Waals surface area contributed by atoms with Crippen molar-refractivity contribution >= 4 is 17.8 Å². The molecule has 2 amide bonds. The largest absolute Gasteiger partial charge is 0.494 e. The summed E-state index contributed by atoms with van der Waals surface area (Å²) in [5, 5.41) is 5.84. The van der Waals surface area contributed by atoms with E-state index in [1.807, 2.05) is 56.5 Å². The van der Waals surface area contributed by atoms with E-state index in [-0.39, 0.29) is 12.1 Å². The Balaban J connectivity index is 1.85. The Bertz CT molecular complexity index is 659. The number of carbonyl (C=O) groups excluding carboxylic acids is 1. The van der Waals surface area contributed by atoms with E-state index in [2.05, 4.69) is 22.8 Å². The van der Waals surface area contributed by atoms with E-state index in [1.165, 1.54) is 4.90 Å². The van der Waals surface area contributed by atoms with Gasteiger partial charge in [0.1, 0.15) is 5.75 Å². The monoisotopic (exact) mass is 344 g/mol. The van der Waals surface area contributed by atoms with Crippen LogP contribution in [0.3, 0.4) is 0 Å². The second-order valence-corrected chi connectivity index (χ2v) is 6.28. The molecule has 0 heterocycles. The molecule has 0 aliphatic carbocycles. The van der Waals surface area contributed by atoms with Crippen LogP contribution < -0.4 is 15.4 Å². The molecule has 4 nitrogen and oxygen atoms in total. The summed E-state index contributed by atoms with van der Waals surface area (Å²) in [4.78, 5) is 13.3. The summed E-state index contributed by atoms with van der Waals surface area (Å²) >= 11 is 1.70. The van der Waals surface area contributed by atoms with Crippen LogP contribution in [0.25, 0.3) is 0 Å². The summed E-state index contributed by atoms with van der Waals surface area (Å²) in [6, 6.07) is 15.7. The Morgan fingerprint density at radius 2 is 1.96 bits per heavy atom. The lowest BCUT2D eigenvalue weighted by atomic mass is 10.1. The third-order valence-electron chi connectivity index (χ3n) is 3.63. The molecule has 0 spiro atoms. The Morgan fingerprint density at radius 3 is 2.62 bits per heavy atom. The topological polar surface area (TPSA) is 50.4 Å². The molecule has 128 valence electrons. The highest BCUT2D eigenvalue weighted by molar-refractivity contribution is 7.98. The maximum atomic E-state index is 12.1. The van der Waals surface area contributed by atoms with Gasteiger partial charge in [0.15, 0.2) is 0 Å². The molecule has 0 fully saturated rings. The number of carbonyl (C=O) groups is 1. The zero-order chi connectivity index (χ0) is 17.4. The summed E-state index contributed by atoms with van der Waals surface area (Å²) in [6.45, 7) is 5.04. The molecule has 0 aliphatic heterocycles. The van der Waals surface area contributed by atoms with E-state index in [4.69, 9.17) is 4.74 Å². The SMILES string of the molecule is CCOc1cccc(C(C)NC(=O)NCc2ccc(SC)cc2)c1. The molecule has 24 heavy (non-hydrogen) atoms. The van der Waals surface area contributed by atoms with Crippen molar-refractivity contribution in [3.05, 3.63) is 59.7 Å². The third-order valence-corrected chi connectivity index (χ3v) is 4.37. The van der Waals surface area contributed by atoms with E-state index in [0.29, 0.717) is 13.2 Å². The highest BCUT2D eigenvalue weighted by Gasteiger charge is 2.10. The lowest BCUT2D eigenvalue weighted by molar-refractivity contribution is 0.237. The quantitative estimate of drug-likeness (QED) is 0.734. The first kappa shape index (κ1) is 18.2. The van der Waals surface area contributed by atoms with Crippen molar-refractivity contribution in [1.82, 2.24) is 10.6 Å². The minimum atomic E-state index is -0.182. The fourth-order valence-corrected chi connectivity index (χ4v) is 2.71. The first-order valence-electron chi connectivity index (χ1n) is 8.02. The Kier molecular flexibility index (Phi) is 7.00. The predicted molar refractivity (Wildman–Crippen MR) is 99.6 cm³/mol. The maximum absolute atomic E-state index is 12.1. The van der Waals surface area contributed by atoms with Gasteiger partial charge in [-0.3, -0.25) is 0 Å². The summed E-state index contributed by atoms with van der Waals surface area (Å²) in [5.74, 6) is 0.818. The number of hydrogen-bond acceptors (Lipinski definition) is 3. The highest BCUT2D eigenvalue weighted by atomic mass is 32.2. The standard InChI is InChI=1S/C19H24N2O2S/c1-4-23-17-7-5-6-16(12-17)14(2)21-19(22)20-13-15-8-10-18(24-3)11-9-15/h5-12,14H,4,13H2,1-3H3,(H2,20,21,22). The van der Waals surface area contributed by atoms with E-state index < -0.39 is 0 Å². The van der Waals surface area contributed by atoms with Crippen molar-refractivity contribution in [2.24, 2.45) is 0 Å². The zero-order valence-electron chi connectivity index (χ0n) is 14.3. The molecule has 0 aliphatic rings. The fraction of sp³-hybridized carbons (Fsp3) is 0.316. The van der Waals surface area contributed by atoms with Crippen molar-refractivity contribution in [1.29, 1.82) is 0 Å². The average molecular weight is 344 g/mol. The van der Waals surface area contributed by atoms with Gasteiger partial charge in [0.05, 0.1) is 12.6 Å². The highest BCUT2D eigenvalue weighted by Crippen LogP contribution is 2.19. The van der Waals surface area contributed by atoms with Crippen molar-refractivity contribution in [3.63, 3.8) is 0 Å². The maximum Gasteiger partial charge on any atom is 0.315 e. The van der Waals surface area contributed by atoms with Gasteiger partial charge in [0.25, 0.3) is 0 Å².